The number of hydrogen-bond acceptors (Lipinski definition) is 5. The van der Waals surface area contributed by atoms with Crippen LogP contribution in [0.1, 0.15) is 52.6 Å². The number of rotatable bonds is 6. The molecule has 0 aliphatic rings. The van der Waals surface area contributed by atoms with Crippen molar-refractivity contribution in [3.8, 4) is 0 Å². The standard InChI is InChI=1S/C24H27N3O4/c1-6-27-21-10-9-19(12-20(21)25-17(5)23(27)29)24(30)31-13-22(28)26-16(4)18-8-7-14(2)15(3)11-18/h7-12,16H,6,13H2,1-5H3,(H,26,28)/t16-/m1/s1. The Morgan fingerprint density at radius 1 is 1.10 bits per heavy atom. The van der Waals surface area contributed by atoms with E-state index in [1.165, 1.54) is 5.56 Å². The van der Waals surface area contributed by atoms with Gasteiger partial charge in [-0.05, 0) is 69.5 Å². The van der Waals surface area contributed by atoms with Crippen LogP contribution in [0, 0.1) is 20.8 Å². The van der Waals surface area contributed by atoms with E-state index in [2.05, 4.69) is 10.3 Å². The van der Waals surface area contributed by atoms with Gasteiger partial charge in [-0.15, -0.1) is 0 Å². The lowest BCUT2D eigenvalue weighted by molar-refractivity contribution is -0.124. The van der Waals surface area contributed by atoms with E-state index in [0.717, 1.165) is 11.1 Å². The molecule has 1 amide bonds. The van der Waals surface area contributed by atoms with Crippen molar-refractivity contribution in [3.05, 3.63) is 74.7 Å². The zero-order valence-electron chi connectivity index (χ0n) is 18.5. The molecule has 2 aromatic carbocycles. The maximum Gasteiger partial charge on any atom is 0.338 e. The molecule has 1 aromatic heterocycles. The molecule has 3 aromatic rings. The summed E-state index contributed by atoms with van der Waals surface area (Å²) in [5.41, 5.74) is 4.98. The summed E-state index contributed by atoms with van der Waals surface area (Å²) < 4.78 is 6.79. The lowest BCUT2D eigenvalue weighted by Gasteiger charge is -2.16. The van der Waals surface area contributed by atoms with Crippen molar-refractivity contribution >= 4 is 22.9 Å². The van der Waals surface area contributed by atoms with Gasteiger partial charge < -0.3 is 14.6 Å². The molecule has 0 aliphatic carbocycles. The van der Waals surface area contributed by atoms with Crippen molar-refractivity contribution in [1.82, 2.24) is 14.9 Å². The fourth-order valence-electron chi connectivity index (χ4n) is 3.43. The van der Waals surface area contributed by atoms with Crippen LogP contribution >= 0.6 is 0 Å². The minimum absolute atomic E-state index is 0.153. The molecular formula is C24H27N3O4. The van der Waals surface area contributed by atoms with Gasteiger partial charge in [0, 0.05) is 6.54 Å². The number of fused-ring (bicyclic) bond motifs is 1. The zero-order valence-corrected chi connectivity index (χ0v) is 18.5. The topological polar surface area (TPSA) is 90.3 Å². The van der Waals surface area contributed by atoms with E-state index in [-0.39, 0.29) is 29.7 Å². The zero-order chi connectivity index (χ0) is 22.7. The molecule has 0 spiro atoms. The van der Waals surface area contributed by atoms with Crippen LogP contribution in [-0.2, 0) is 16.1 Å². The summed E-state index contributed by atoms with van der Waals surface area (Å²) in [6, 6.07) is 10.6. The summed E-state index contributed by atoms with van der Waals surface area (Å²) >= 11 is 0. The minimum Gasteiger partial charge on any atom is -0.452 e. The third kappa shape index (κ3) is 4.82. The third-order valence-electron chi connectivity index (χ3n) is 5.40. The van der Waals surface area contributed by atoms with Crippen LogP contribution in [0.15, 0.2) is 41.2 Å². The SMILES string of the molecule is CCn1c(=O)c(C)nc2cc(C(=O)OCC(=O)N[C@H](C)c3ccc(C)c(C)c3)ccc21. The molecular weight excluding hydrogens is 394 g/mol. The first-order valence-corrected chi connectivity index (χ1v) is 10.3. The lowest BCUT2D eigenvalue weighted by atomic mass is 10.0. The average Bonchev–Trinajstić information content (AvgIpc) is 2.74. The average molecular weight is 421 g/mol. The van der Waals surface area contributed by atoms with Gasteiger partial charge in [-0.3, -0.25) is 9.59 Å². The summed E-state index contributed by atoms with van der Waals surface area (Å²) in [5, 5.41) is 2.84. The molecule has 1 heterocycles. The van der Waals surface area contributed by atoms with Gasteiger partial charge in [-0.1, -0.05) is 18.2 Å². The van der Waals surface area contributed by atoms with Gasteiger partial charge in [0.1, 0.15) is 5.69 Å². The Labute approximate surface area is 181 Å². The van der Waals surface area contributed by atoms with Crippen LogP contribution < -0.4 is 10.9 Å². The molecule has 0 radical (unpaired) electrons. The molecule has 7 heteroatoms. The molecule has 0 fully saturated rings. The predicted molar refractivity (Wildman–Crippen MR) is 119 cm³/mol. The van der Waals surface area contributed by atoms with E-state index in [1.807, 2.05) is 45.9 Å². The van der Waals surface area contributed by atoms with E-state index in [9.17, 15) is 14.4 Å². The number of carbonyl (C=O) groups is 2. The smallest absolute Gasteiger partial charge is 0.338 e. The molecule has 0 saturated heterocycles. The van der Waals surface area contributed by atoms with Gasteiger partial charge in [0.15, 0.2) is 6.61 Å². The van der Waals surface area contributed by atoms with Crippen LogP contribution in [0.4, 0.5) is 0 Å². The van der Waals surface area contributed by atoms with E-state index in [0.29, 0.717) is 23.3 Å². The summed E-state index contributed by atoms with van der Waals surface area (Å²) in [4.78, 5) is 41.2. The number of nitrogens with zero attached hydrogens (tertiary/aromatic N) is 2. The van der Waals surface area contributed by atoms with Crippen LogP contribution in [0.3, 0.4) is 0 Å². The van der Waals surface area contributed by atoms with Crippen molar-refractivity contribution in [1.29, 1.82) is 0 Å². The van der Waals surface area contributed by atoms with E-state index in [4.69, 9.17) is 4.74 Å². The second kappa shape index (κ2) is 9.12. The number of carbonyl (C=O) groups excluding carboxylic acids is 2. The van der Waals surface area contributed by atoms with Crippen LogP contribution in [0.25, 0.3) is 11.0 Å². The van der Waals surface area contributed by atoms with Crippen LogP contribution in [-0.4, -0.2) is 28.0 Å². The highest BCUT2D eigenvalue weighted by atomic mass is 16.5. The van der Waals surface area contributed by atoms with Gasteiger partial charge in [-0.25, -0.2) is 9.78 Å². The third-order valence-corrected chi connectivity index (χ3v) is 5.40. The number of nitrogens with one attached hydrogen (secondary N) is 1. The van der Waals surface area contributed by atoms with Gasteiger partial charge in [0.2, 0.25) is 0 Å². The highest BCUT2D eigenvalue weighted by Crippen LogP contribution is 2.17. The van der Waals surface area contributed by atoms with E-state index >= 15 is 0 Å². The Morgan fingerprint density at radius 2 is 1.84 bits per heavy atom. The first kappa shape index (κ1) is 22.2. The van der Waals surface area contributed by atoms with Crippen LogP contribution in [0.5, 0.6) is 0 Å². The lowest BCUT2D eigenvalue weighted by Crippen LogP contribution is -2.31. The molecule has 0 unspecified atom stereocenters. The van der Waals surface area contributed by atoms with Crippen molar-refractivity contribution in [3.63, 3.8) is 0 Å². The Bertz CT molecular complexity index is 1210. The van der Waals surface area contributed by atoms with Crippen molar-refractivity contribution in [2.24, 2.45) is 0 Å². The molecule has 162 valence electrons. The fraction of sp³-hybridized carbons (Fsp3) is 0.333. The van der Waals surface area contributed by atoms with Crippen molar-refractivity contribution < 1.29 is 14.3 Å². The number of benzene rings is 2. The Balaban J connectivity index is 1.66. The Kier molecular flexibility index (Phi) is 6.53. The van der Waals surface area contributed by atoms with Gasteiger partial charge in [0.05, 0.1) is 22.6 Å². The van der Waals surface area contributed by atoms with Gasteiger partial charge in [0.25, 0.3) is 11.5 Å². The van der Waals surface area contributed by atoms with E-state index < -0.39 is 5.97 Å². The molecule has 0 saturated carbocycles. The second-order valence-corrected chi connectivity index (χ2v) is 7.66. The molecule has 1 atom stereocenters. The normalized spacial score (nSPS) is 11.9. The molecule has 0 bridgehead atoms. The number of aryl methyl sites for hydroxylation is 4. The first-order chi connectivity index (χ1) is 14.7. The summed E-state index contributed by atoms with van der Waals surface area (Å²) in [5.74, 6) is -1.00. The molecule has 1 N–H and O–H groups in total. The number of hydrogen-bond donors (Lipinski definition) is 1. The molecule has 7 nitrogen and oxygen atoms in total. The van der Waals surface area contributed by atoms with E-state index in [1.54, 1.807) is 29.7 Å². The monoisotopic (exact) mass is 421 g/mol. The first-order valence-electron chi connectivity index (χ1n) is 10.3. The van der Waals surface area contributed by atoms with Gasteiger partial charge >= 0.3 is 5.97 Å². The fourth-order valence-corrected chi connectivity index (χ4v) is 3.43. The summed E-state index contributed by atoms with van der Waals surface area (Å²) in [6.07, 6.45) is 0. The minimum atomic E-state index is -0.621. The Hall–Kier alpha value is -3.48. The quantitative estimate of drug-likeness (QED) is 0.616. The second-order valence-electron chi connectivity index (χ2n) is 7.66. The number of ether oxygens (including phenoxy) is 1. The maximum absolute atomic E-state index is 12.4. The highest BCUT2D eigenvalue weighted by molar-refractivity contribution is 5.94. The number of esters is 1. The predicted octanol–water partition coefficient (Wildman–Crippen LogP) is 3.38. The molecule has 31 heavy (non-hydrogen) atoms. The summed E-state index contributed by atoms with van der Waals surface area (Å²) in [7, 11) is 0. The van der Waals surface area contributed by atoms with Crippen molar-refractivity contribution in [2.45, 2.75) is 47.2 Å². The number of aromatic nitrogens is 2. The molecule has 3 rings (SSSR count). The Morgan fingerprint density at radius 3 is 2.52 bits per heavy atom. The van der Waals surface area contributed by atoms with Gasteiger partial charge in [-0.2, -0.15) is 0 Å². The van der Waals surface area contributed by atoms with Crippen molar-refractivity contribution in [2.75, 3.05) is 6.61 Å². The van der Waals surface area contributed by atoms with Crippen LogP contribution in [0.2, 0.25) is 0 Å². The number of amides is 1. The molecule has 0 aliphatic heterocycles. The highest BCUT2D eigenvalue weighted by Gasteiger charge is 2.15. The maximum atomic E-state index is 12.4. The summed E-state index contributed by atoms with van der Waals surface area (Å²) in [6.45, 7) is 9.57. The largest absolute Gasteiger partial charge is 0.452 e.